The summed E-state index contributed by atoms with van der Waals surface area (Å²) in [5.74, 6) is 3.23. The number of nitrogens with one attached hydrogen (secondary N) is 1. The second-order valence-electron chi connectivity index (χ2n) is 5.85. The molecule has 1 aromatic rings. The second kappa shape index (κ2) is 8.79. The molecule has 0 radical (unpaired) electrons. The Balaban J connectivity index is 1.73. The van der Waals surface area contributed by atoms with Gasteiger partial charge in [-0.2, -0.15) is 0 Å². The summed E-state index contributed by atoms with van der Waals surface area (Å²) < 4.78 is 5.36. The molecule has 1 aliphatic heterocycles. The fourth-order valence-electron chi connectivity index (χ4n) is 2.74. The molecule has 2 N–H and O–H groups in total. The number of hydrogen-bond acceptors (Lipinski definition) is 4. The van der Waals surface area contributed by atoms with Gasteiger partial charge < -0.3 is 20.1 Å². The molecule has 0 saturated carbocycles. The van der Waals surface area contributed by atoms with Crippen LogP contribution in [0.15, 0.2) is 24.3 Å². The van der Waals surface area contributed by atoms with E-state index in [1.54, 1.807) is 0 Å². The molecule has 1 aliphatic rings. The molecule has 120 valence electrons. The minimum atomic E-state index is -0.321. The zero-order chi connectivity index (χ0) is 15.8. The number of rotatable bonds is 8. The van der Waals surface area contributed by atoms with E-state index in [-0.39, 0.29) is 18.8 Å². The number of aliphatic hydroxyl groups is 1. The average molecular weight is 302 g/mol. The molecule has 0 aromatic heterocycles. The van der Waals surface area contributed by atoms with Gasteiger partial charge in [0.25, 0.3) is 0 Å². The van der Waals surface area contributed by atoms with Gasteiger partial charge in [0, 0.05) is 19.1 Å². The monoisotopic (exact) mass is 302 g/mol. The van der Waals surface area contributed by atoms with Crippen molar-refractivity contribution in [3.8, 4) is 18.1 Å². The molecule has 1 fully saturated rings. The maximum Gasteiger partial charge on any atom is 0.148 e. The van der Waals surface area contributed by atoms with Crippen molar-refractivity contribution in [2.24, 2.45) is 0 Å². The van der Waals surface area contributed by atoms with Crippen LogP contribution in [-0.4, -0.2) is 48.9 Å². The van der Waals surface area contributed by atoms with Crippen LogP contribution in [0.3, 0.4) is 0 Å². The molecule has 2 rings (SSSR count). The van der Waals surface area contributed by atoms with E-state index in [4.69, 9.17) is 11.2 Å². The van der Waals surface area contributed by atoms with Gasteiger partial charge in [0.15, 0.2) is 0 Å². The molecule has 0 aliphatic carbocycles. The van der Waals surface area contributed by atoms with E-state index in [9.17, 15) is 5.11 Å². The highest BCUT2D eigenvalue weighted by atomic mass is 16.5. The molecule has 2 unspecified atom stereocenters. The molecule has 22 heavy (non-hydrogen) atoms. The molecular formula is C18H26N2O2. The first-order valence-corrected chi connectivity index (χ1v) is 7.99. The lowest BCUT2D eigenvalue weighted by Crippen LogP contribution is -2.37. The van der Waals surface area contributed by atoms with Crippen molar-refractivity contribution in [2.45, 2.75) is 31.9 Å². The maximum atomic E-state index is 10.1. The molecule has 2 atom stereocenters. The quantitative estimate of drug-likeness (QED) is 0.719. The van der Waals surface area contributed by atoms with Crippen molar-refractivity contribution in [3.05, 3.63) is 29.8 Å². The Kier molecular flexibility index (Phi) is 6.73. The molecule has 0 bridgehead atoms. The van der Waals surface area contributed by atoms with Gasteiger partial charge in [-0.25, -0.2) is 0 Å². The van der Waals surface area contributed by atoms with Gasteiger partial charge in [-0.1, -0.05) is 18.1 Å². The van der Waals surface area contributed by atoms with Crippen LogP contribution >= 0.6 is 0 Å². The van der Waals surface area contributed by atoms with Crippen molar-refractivity contribution >= 4 is 0 Å². The molecule has 4 nitrogen and oxygen atoms in total. The highest BCUT2D eigenvalue weighted by Crippen LogP contribution is 2.17. The molecule has 1 saturated heterocycles. The Morgan fingerprint density at radius 2 is 2.00 bits per heavy atom. The summed E-state index contributed by atoms with van der Waals surface area (Å²) >= 11 is 0. The number of β-amino-alcohol motifs (C(OH)–C–C–N with tert-alkyl or cyclic N) is 1. The molecule has 1 heterocycles. The SMILES string of the molecule is C#CCOc1ccc(C(C)NCC(O)CN2CCCC2)cc1. The number of likely N-dealkylation sites (tertiary alicyclic amines) is 1. The summed E-state index contributed by atoms with van der Waals surface area (Å²) in [5, 5.41) is 13.5. The van der Waals surface area contributed by atoms with Gasteiger partial charge in [0.2, 0.25) is 0 Å². The normalized spacial score (nSPS) is 17.9. The van der Waals surface area contributed by atoms with Gasteiger partial charge in [0.05, 0.1) is 6.10 Å². The van der Waals surface area contributed by atoms with Crippen molar-refractivity contribution in [2.75, 3.05) is 32.8 Å². The third-order valence-electron chi connectivity index (χ3n) is 4.03. The maximum absolute atomic E-state index is 10.1. The minimum Gasteiger partial charge on any atom is -0.481 e. The largest absolute Gasteiger partial charge is 0.481 e. The van der Waals surface area contributed by atoms with Crippen molar-refractivity contribution in [1.82, 2.24) is 10.2 Å². The Labute approximate surface area is 133 Å². The van der Waals surface area contributed by atoms with E-state index in [1.807, 2.05) is 24.3 Å². The first-order chi connectivity index (χ1) is 10.7. The van der Waals surface area contributed by atoms with E-state index in [2.05, 4.69) is 23.1 Å². The summed E-state index contributed by atoms with van der Waals surface area (Å²) in [6.07, 6.45) is 7.36. The van der Waals surface area contributed by atoms with Crippen molar-refractivity contribution in [3.63, 3.8) is 0 Å². The summed E-state index contributed by atoms with van der Waals surface area (Å²) in [7, 11) is 0. The molecular weight excluding hydrogens is 276 g/mol. The third kappa shape index (κ3) is 5.34. The third-order valence-corrected chi connectivity index (χ3v) is 4.03. The van der Waals surface area contributed by atoms with E-state index in [1.165, 1.54) is 18.4 Å². The predicted molar refractivity (Wildman–Crippen MR) is 88.9 cm³/mol. The zero-order valence-electron chi connectivity index (χ0n) is 13.3. The van der Waals surface area contributed by atoms with Crippen LogP contribution in [-0.2, 0) is 0 Å². The Bertz CT molecular complexity index is 475. The van der Waals surface area contributed by atoms with Gasteiger partial charge in [-0.05, 0) is 50.6 Å². The number of benzene rings is 1. The summed E-state index contributed by atoms with van der Waals surface area (Å²) in [6, 6.07) is 8.08. The Morgan fingerprint density at radius 1 is 1.32 bits per heavy atom. The van der Waals surface area contributed by atoms with E-state index in [0.29, 0.717) is 6.54 Å². The lowest BCUT2D eigenvalue weighted by Gasteiger charge is -2.22. The molecule has 0 spiro atoms. The summed E-state index contributed by atoms with van der Waals surface area (Å²) in [6.45, 7) is 5.98. The first kappa shape index (κ1) is 16.8. The van der Waals surface area contributed by atoms with Gasteiger partial charge in [0.1, 0.15) is 12.4 Å². The van der Waals surface area contributed by atoms with Gasteiger partial charge in [-0.3, -0.25) is 0 Å². The standard InChI is InChI=1S/C18H26N2O2/c1-3-12-22-18-8-6-16(7-9-18)15(2)19-13-17(21)14-20-10-4-5-11-20/h1,6-9,15,17,19,21H,4-5,10-14H2,2H3. The smallest absolute Gasteiger partial charge is 0.148 e. The van der Waals surface area contributed by atoms with E-state index < -0.39 is 0 Å². The van der Waals surface area contributed by atoms with Crippen molar-refractivity contribution in [1.29, 1.82) is 0 Å². The van der Waals surface area contributed by atoms with E-state index >= 15 is 0 Å². The Morgan fingerprint density at radius 3 is 2.64 bits per heavy atom. The highest BCUT2D eigenvalue weighted by Gasteiger charge is 2.16. The number of terminal acetylenes is 1. The van der Waals surface area contributed by atoms with Crippen LogP contribution in [0.4, 0.5) is 0 Å². The van der Waals surface area contributed by atoms with Crippen LogP contribution in [0.25, 0.3) is 0 Å². The van der Waals surface area contributed by atoms with Crippen LogP contribution in [0.1, 0.15) is 31.4 Å². The van der Waals surface area contributed by atoms with Crippen LogP contribution in [0.2, 0.25) is 0 Å². The second-order valence-corrected chi connectivity index (χ2v) is 5.85. The molecule has 1 aromatic carbocycles. The fraction of sp³-hybridized carbons (Fsp3) is 0.556. The summed E-state index contributed by atoms with van der Waals surface area (Å²) in [5.41, 5.74) is 1.17. The molecule has 0 amide bonds. The van der Waals surface area contributed by atoms with E-state index in [0.717, 1.165) is 25.4 Å². The average Bonchev–Trinajstić information content (AvgIpc) is 3.04. The topological polar surface area (TPSA) is 44.7 Å². The van der Waals surface area contributed by atoms with Crippen LogP contribution < -0.4 is 10.1 Å². The molecule has 4 heteroatoms. The Hall–Kier alpha value is -1.54. The van der Waals surface area contributed by atoms with Gasteiger partial charge >= 0.3 is 0 Å². The number of hydrogen-bond donors (Lipinski definition) is 2. The first-order valence-electron chi connectivity index (χ1n) is 7.99. The van der Waals surface area contributed by atoms with Crippen LogP contribution in [0.5, 0.6) is 5.75 Å². The highest BCUT2D eigenvalue weighted by molar-refractivity contribution is 5.29. The lowest BCUT2D eigenvalue weighted by atomic mass is 10.1. The van der Waals surface area contributed by atoms with Crippen molar-refractivity contribution < 1.29 is 9.84 Å². The van der Waals surface area contributed by atoms with Crippen LogP contribution in [0, 0.1) is 12.3 Å². The predicted octanol–water partition coefficient (Wildman–Crippen LogP) is 1.81. The number of ether oxygens (including phenoxy) is 1. The summed E-state index contributed by atoms with van der Waals surface area (Å²) in [4.78, 5) is 2.33. The zero-order valence-corrected chi connectivity index (χ0v) is 13.3. The fourth-order valence-corrected chi connectivity index (χ4v) is 2.74. The minimum absolute atomic E-state index is 0.190. The number of aliphatic hydroxyl groups excluding tert-OH is 1. The number of nitrogens with zero attached hydrogens (tertiary/aromatic N) is 1. The lowest BCUT2D eigenvalue weighted by molar-refractivity contribution is 0.121. The van der Waals surface area contributed by atoms with Gasteiger partial charge in [-0.15, -0.1) is 6.42 Å².